The first kappa shape index (κ1) is 17.3. The Bertz CT molecular complexity index is 780. The minimum absolute atomic E-state index is 0.106. The molecule has 0 radical (unpaired) electrons. The van der Waals surface area contributed by atoms with Gasteiger partial charge in [-0.05, 0) is 49.1 Å². The van der Waals surface area contributed by atoms with Gasteiger partial charge in [-0.15, -0.1) is 0 Å². The molecule has 2 fully saturated rings. The highest BCUT2D eigenvalue weighted by Crippen LogP contribution is 2.52. The third-order valence-corrected chi connectivity index (χ3v) is 6.27. The van der Waals surface area contributed by atoms with Crippen LogP contribution in [0.1, 0.15) is 67.7 Å². The van der Waals surface area contributed by atoms with E-state index in [1.54, 1.807) is 31.2 Å². The largest absolute Gasteiger partial charge is 0.337 e. The fraction of sp³-hybridized carbons (Fsp3) is 0.571. The van der Waals surface area contributed by atoms with Crippen molar-refractivity contribution in [2.24, 2.45) is 10.8 Å². The Hall–Kier alpha value is -2.17. The van der Waals surface area contributed by atoms with Crippen LogP contribution in [0.4, 0.5) is 0 Å². The molecule has 0 N–H and O–H groups in total. The normalized spacial score (nSPS) is 30.5. The minimum Gasteiger partial charge on any atom is -0.337 e. The Labute approximate surface area is 154 Å². The molecule has 1 aromatic carbocycles. The number of nitrogens with zero attached hydrogens (tertiary/aromatic N) is 2. The fourth-order valence-corrected chi connectivity index (χ4v) is 5.63. The maximum absolute atomic E-state index is 13.3. The summed E-state index contributed by atoms with van der Waals surface area (Å²) < 4.78 is 0. The van der Waals surface area contributed by atoms with Gasteiger partial charge >= 0.3 is 0 Å². The summed E-state index contributed by atoms with van der Waals surface area (Å²) in [6, 6.07) is 6.22. The molecule has 2 aliphatic heterocycles. The van der Waals surface area contributed by atoms with Crippen molar-refractivity contribution in [1.82, 2.24) is 9.80 Å². The number of likely N-dealkylation sites (tertiary alicyclic amines) is 1. The van der Waals surface area contributed by atoms with Crippen LogP contribution in [0.15, 0.2) is 24.3 Å². The van der Waals surface area contributed by atoms with Crippen molar-refractivity contribution in [2.75, 3.05) is 6.54 Å². The molecular formula is C21H26N2O3. The highest BCUT2D eigenvalue weighted by atomic mass is 16.2. The van der Waals surface area contributed by atoms with Crippen LogP contribution in [0.5, 0.6) is 0 Å². The van der Waals surface area contributed by atoms with Crippen molar-refractivity contribution >= 4 is 17.7 Å². The number of carbonyl (C=O) groups excluding carboxylic acids is 3. The molecular weight excluding hydrogens is 328 g/mol. The Balaban J connectivity index is 1.59. The Morgan fingerprint density at radius 2 is 1.65 bits per heavy atom. The van der Waals surface area contributed by atoms with E-state index in [2.05, 4.69) is 20.8 Å². The van der Waals surface area contributed by atoms with Gasteiger partial charge in [-0.25, -0.2) is 0 Å². The number of imide groups is 1. The Morgan fingerprint density at radius 3 is 2.23 bits per heavy atom. The van der Waals surface area contributed by atoms with Crippen molar-refractivity contribution in [3.8, 4) is 0 Å². The van der Waals surface area contributed by atoms with Crippen LogP contribution in [0.3, 0.4) is 0 Å². The van der Waals surface area contributed by atoms with E-state index < -0.39 is 6.04 Å². The molecule has 5 nitrogen and oxygen atoms in total. The summed E-state index contributed by atoms with van der Waals surface area (Å²) in [5.41, 5.74) is 1.13. The molecule has 1 aromatic rings. The summed E-state index contributed by atoms with van der Waals surface area (Å²) in [6.45, 7) is 9.17. The molecule has 0 aromatic heterocycles. The van der Waals surface area contributed by atoms with E-state index in [9.17, 15) is 14.4 Å². The van der Waals surface area contributed by atoms with Gasteiger partial charge in [0, 0.05) is 12.6 Å². The second-order valence-corrected chi connectivity index (χ2v) is 9.38. The number of hydrogen-bond acceptors (Lipinski definition) is 3. The second-order valence-electron chi connectivity index (χ2n) is 9.38. The molecule has 0 unspecified atom stereocenters. The molecule has 1 aliphatic carbocycles. The lowest BCUT2D eigenvalue weighted by molar-refractivity contribution is -0.136. The standard InChI is InChI=1S/C21H26N2O3/c1-13(23-18(25)15-7-5-6-8-16(15)19(23)26)17(24)22-12-21(4)10-14(22)9-20(2,3)11-21/h5-8,13-14H,9-12H2,1-4H3/t13-,14-,21+/m0/s1. The number of benzene rings is 1. The average molecular weight is 354 g/mol. The third-order valence-electron chi connectivity index (χ3n) is 6.27. The van der Waals surface area contributed by atoms with Crippen molar-refractivity contribution in [2.45, 2.75) is 59.0 Å². The van der Waals surface area contributed by atoms with E-state index in [4.69, 9.17) is 0 Å². The summed E-state index contributed by atoms with van der Waals surface area (Å²) in [7, 11) is 0. The second kappa shape index (κ2) is 5.41. The Kier molecular flexibility index (Phi) is 3.59. The minimum atomic E-state index is -0.770. The smallest absolute Gasteiger partial charge is 0.262 e. The summed E-state index contributed by atoms with van der Waals surface area (Å²) in [6.07, 6.45) is 3.09. The van der Waals surface area contributed by atoms with Crippen LogP contribution in [0.25, 0.3) is 0 Å². The van der Waals surface area contributed by atoms with Crippen molar-refractivity contribution in [1.29, 1.82) is 0 Å². The quantitative estimate of drug-likeness (QED) is 0.767. The Morgan fingerprint density at radius 1 is 1.08 bits per heavy atom. The molecule has 2 bridgehead atoms. The van der Waals surface area contributed by atoms with Gasteiger partial charge in [0.25, 0.3) is 11.8 Å². The van der Waals surface area contributed by atoms with E-state index in [-0.39, 0.29) is 34.6 Å². The lowest BCUT2D eigenvalue weighted by atomic mass is 9.65. The lowest BCUT2D eigenvalue weighted by Crippen LogP contribution is -2.51. The van der Waals surface area contributed by atoms with Crippen molar-refractivity contribution in [3.63, 3.8) is 0 Å². The van der Waals surface area contributed by atoms with Crippen LogP contribution in [0.2, 0.25) is 0 Å². The van der Waals surface area contributed by atoms with E-state index in [1.165, 1.54) is 0 Å². The first-order chi connectivity index (χ1) is 12.1. The van der Waals surface area contributed by atoms with Gasteiger partial charge in [-0.1, -0.05) is 32.9 Å². The van der Waals surface area contributed by atoms with Gasteiger partial charge in [-0.2, -0.15) is 0 Å². The maximum Gasteiger partial charge on any atom is 0.262 e. The monoisotopic (exact) mass is 354 g/mol. The first-order valence-corrected chi connectivity index (χ1v) is 9.39. The lowest BCUT2D eigenvalue weighted by Gasteiger charge is -2.39. The molecule has 1 saturated carbocycles. The van der Waals surface area contributed by atoms with Crippen LogP contribution < -0.4 is 0 Å². The van der Waals surface area contributed by atoms with Gasteiger partial charge in [0.15, 0.2) is 0 Å². The number of amides is 3. The van der Waals surface area contributed by atoms with E-state index in [0.717, 1.165) is 24.2 Å². The summed E-state index contributed by atoms with van der Waals surface area (Å²) in [5, 5.41) is 0. The van der Waals surface area contributed by atoms with Gasteiger partial charge in [0.2, 0.25) is 5.91 Å². The van der Waals surface area contributed by atoms with Crippen LogP contribution in [-0.4, -0.2) is 46.1 Å². The molecule has 1 saturated heterocycles. The van der Waals surface area contributed by atoms with E-state index >= 15 is 0 Å². The summed E-state index contributed by atoms with van der Waals surface area (Å²) in [4.78, 5) is 41.7. The fourth-order valence-electron chi connectivity index (χ4n) is 5.63. The summed E-state index contributed by atoms with van der Waals surface area (Å²) >= 11 is 0. The number of hydrogen-bond donors (Lipinski definition) is 0. The zero-order valence-electron chi connectivity index (χ0n) is 15.9. The van der Waals surface area contributed by atoms with Crippen LogP contribution in [0, 0.1) is 10.8 Å². The van der Waals surface area contributed by atoms with Gasteiger partial charge in [0.05, 0.1) is 11.1 Å². The van der Waals surface area contributed by atoms with E-state index in [0.29, 0.717) is 17.7 Å². The number of fused-ring (bicyclic) bond motifs is 3. The highest BCUT2D eigenvalue weighted by molar-refractivity contribution is 6.22. The highest BCUT2D eigenvalue weighted by Gasteiger charge is 2.52. The molecule has 4 rings (SSSR count). The van der Waals surface area contributed by atoms with Crippen molar-refractivity contribution < 1.29 is 14.4 Å². The summed E-state index contributed by atoms with van der Waals surface area (Å²) in [5.74, 6) is -0.828. The molecule has 0 spiro atoms. The van der Waals surface area contributed by atoms with E-state index in [1.807, 2.05) is 4.90 Å². The molecule has 5 heteroatoms. The third kappa shape index (κ3) is 2.48. The molecule has 138 valence electrons. The first-order valence-electron chi connectivity index (χ1n) is 9.39. The predicted octanol–water partition coefficient (Wildman–Crippen LogP) is 3.10. The topological polar surface area (TPSA) is 57.7 Å². The maximum atomic E-state index is 13.3. The van der Waals surface area contributed by atoms with Gasteiger partial charge in [-0.3, -0.25) is 19.3 Å². The predicted molar refractivity (Wildman–Crippen MR) is 97.6 cm³/mol. The number of carbonyl (C=O) groups is 3. The molecule has 3 amide bonds. The zero-order valence-corrected chi connectivity index (χ0v) is 15.9. The molecule has 26 heavy (non-hydrogen) atoms. The molecule has 3 atom stereocenters. The van der Waals surface area contributed by atoms with Gasteiger partial charge < -0.3 is 4.90 Å². The van der Waals surface area contributed by atoms with Crippen LogP contribution in [-0.2, 0) is 4.79 Å². The zero-order chi connectivity index (χ0) is 18.9. The average Bonchev–Trinajstić information content (AvgIpc) is 2.96. The van der Waals surface area contributed by atoms with Gasteiger partial charge in [0.1, 0.15) is 6.04 Å². The van der Waals surface area contributed by atoms with Crippen LogP contribution >= 0.6 is 0 Å². The van der Waals surface area contributed by atoms with Crippen molar-refractivity contribution in [3.05, 3.63) is 35.4 Å². The molecule has 3 aliphatic rings. The SMILES string of the molecule is C[C@@H](C(=O)N1C[C@]2(C)C[C@@H]1CC(C)(C)C2)N1C(=O)c2ccccc2C1=O. The number of rotatable bonds is 2. The molecule has 2 heterocycles.